The smallest absolute Gasteiger partial charge is 0.257 e. The van der Waals surface area contributed by atoms with E-state index in [1.165, 1.54) is 6.07 Å². The van der Waals surface area contributed by atoms with Gasteiger partial charge in [0, 0.05) is 12.2 Å². The van der Waals surface area contributed by atoms with E-state index in [2.05, 4.69) is 20.6 Å². The number of benzene rings is 2. The molecule has 1 fully saturated rings. The molecule has 3 heterocycles. The number of aromatic nitrogens is 2. The van der Waals surface area contributed by atoms with Gasteiger partial charge in [-0.2, -0.15) is 0 Å². The number of nitrogens with zero attached hydrogens (tertiary/aromatic N) is 3. The van der Waals surface area contributed by atoms with Crippen LogP contribution < -0.4 is 10.6 Å². The van der Waals surface area contributed by atoms with Crippen molar-refractivity contribution in [1.29, 1.82) is 0 Å². The van der Waals surface area contributed by atoms with Gasteiger partial charge in [-0.1, -0.05) is 18.2 Å². The fourth-order valence-electron chi connectivity index (χ4n) is 4.26. The van der Waals surface area contributed by atoms with E-state index in [-0.39, 0.29) is 53.6 Å². The second-order valence-electron chi connectivity index (χ2n) is 8.51. The first-order chi connectivity index (χ1) is 16.9. The van der Waals surface area contributed by atoms with Crippen molar-refractivity contribution >= 4 is 23.3 Å². The van der Waals surface area contributed by atoms with Crippen LogP contribution >= 0.6 is 0 Å². The fraction of sp³-hybridized carbons (Fsp3) is 0.280. The Morgan fingerprint density at radius 1 is 1.14 bits per heavy atom. The number of carbonyl (C=O) groups is 2. The third-order valence-electron chi connectivity index (χ3n) is 6.07. The number of hydrogen-bond donors (Lipinski definition) is 2. The molecule has 0 radical (unpaired) electrons. The molecular formula is C25H23F2N5O3. The van der Waals surface area contributed by atoms with Gasteiger partial charge in [-0.05, 0) is 36.8 Å². The zero-order valence-corrected chi connectivity index (χ0v) is 19.0. The Bertz CT molecular complexity index is 1280. The quantitative estimate of drug-likeness (QED) is 0.584. The highest BCUT2D eigenvalue weighted by Crippen LogP contribution is 2.30. The molecule has 35 heavy (non-hydrogen) atoms. The van der Waals surface area contributed by atoms with Crippen molar-refractivity contribution in [2.45, 2.75) is 25.9 Å². The molecule has 10 heteroatoms. The first-order valence-electron chi connectivity index (χ1n) is 11.3. The molecule has 0 aliphatic carbocycles. The lowest BCUT2D eigenvalue weighted by Crippen LogP contribution is -2.47. The molecule has 0 saturated carbocycles. The summed E-state index contributed by atoms with van der Waals surface area (Å²) in [6, 6.07) is 10.7. The van der Waals surface area contributed by atoms with Crippen LogP contribution in [0.25, 0.3) is 11.4 Å². The van der Waals surface area contributed by atoms with Crippen molar-refractivity contribution in [3.63, 3.8) is 0 Å². The number of amides is 2. The number of hydrogen-bond acceptors (Lipinski definition) is 6. The van der Waals surface area contributed by atoms with Gasteiger partial charge < -0.3 is 20.3 Å². The number of fused-ring (bicyclic) bond motifs is 1. The van der Waals surface area contributed by atoms with Crippen molar-refractivity contribution in [2.24, 2.45) is 0 Å². The minimum absolute atomic E-state index is 0.0309. The summed E-state index contributed by atoms with van der Waals surface area (Å²) in [4.78, 5) is 35.4. The Labute approximate surface area is 200 Å². The predicted molar refractivity (Wildman–Crippen MR) is 124 cm³/mol. The lowest BCUT2D eigenvalue weighted by molar-refractivity contribution is -0.138. The summed E-state index contributed by atoms with van der Waals surface area (Å²) in [5.74, 6) is -1.93. The van der Waals surface area contributed by atoms with E-state index in [1.807, 2.05) is 24.0 Å². The van der Waals surface area contributed by atoms with Crippen LogP contribution in [0.3, 0.4) is 0 Å². The first-order valence-corrected chi connectivity index (χ1v) is 11.3. The van der Waals surface area contributed by atoms with Gasteiger partial charge in [0.25, 0.3) is 5.91 Å². The summed E-state index contributed by atoms with van der Waals surface area (Å²) in [6.07, 6.45) is 0.257. The van der Waals surface area contributed by atoms with Crippen LogP contribution in [0.2, 0.25) is 0 Å². The Balaban J connectivity index is 1.39. The molecule has 2 N–H and O–H groups in total. The average molecular weight is 479 g/mol. The number of nitrogens with one attached hydrogen (secondary N) is 2. The van der Waals surface area contributed by atoms with Crippen molar-refractivity contribution in [3.8, 4) is 11.4 Å². The molecule has 2 aromatic carbocycles. The lowest BCUT2D eigenvalue weighted by atomic mass is 10.1. The fourth-order valence-corrected chi connectivity index (χ4v) is 4.26. The largest absolute Gasteiger partial charge is 0.377 e. The summed E-state index contributed by atoms with van der Waals surface area (Å²) in [5, 5.41) is 5.73. The Morgan fingerprint density at radius 3 is 2.60 bits per heavy atom. The number of ether oxygens (including phenoxy) is 1. The molecule has 8 nitrogen and oxygen atoms in total. The highest BCUT2D eigenvalue weighted by Gasteiger charge is 2.28. The van der Waals surface area contributed by atoms with Gasteiger partial charge in [-0.15, -0.1) is 0 Å². The van der Waals surface area contributed by atoms with Gasteiger partial charge in [0.2, 0.25) is 5.91 Å². The van der Waals surface area contributed by atoms with Crippen LogP contribution in [0.4, 0.5) is 20.3 Å². The van der Waals surface area contributed by atoms with E-state index in [0.717, 1.165) is 17.7 Å². The summed E-state index contributed by atoms with van der Waals surface area (Å²) in [7, 11) is 0. The minimum Gasteiger partial charge on any atom is -0.377 e. The highest BCUT2D eigenvalue weighted by atomic mass is 19.1. The molecular weight excluding hydrogens is 456 g/mol. The number of morpholine rings is 1. The van der Waals surface area contributed by atoms with Gasteiger partial charge in [-0.25, -0.2) is 18.7 Å². The molecule has 3 aromatic rings. The van der Waals surface area contributed by atoms with E-state index < -0.39 is 11.6 Å². The molecule has 5 rings (SSSR count). The maximum Gasteiger partial charge on any atom is 0.257 e. The van der Waals surface area contributed by atoms with E-state index in [4.69, 9.17) is 4.74 Å². The number of halogens is 2. The number of rotatable bonds is 5. The van der Waals surface area contributed by atoms with Gasteiger partial charge in [0.1, 0.15) is 23.0 Å². The number of carbonyl (C=O) groups excluding carboxylic acids is 2. The minimum atomic E-state index is -0.795. The third-order valence-corrected chi connectivity index (χ3v) is 6.07. The second kappa shape index (κ2) is 9.38. The molecule has 1 atom stereocenters. The monoisotopic (exact) mass is 479 g/mol. The van der Waals surface area contributed by atoms with Gasteiger partial charge >= 0.3 is 0 Å². The SMILES string of the molecule is CC1COCCN1C(=O)Cc1ccc(Nc2nc(-c3c(F)cccc3F)nc3c2C(=O)NC3)cc1. The summed E-state index contributed by atoms with van der Waals surface area (Å²) in [5.41, 5.74) is 1.66. The van der Waals surface area contributed by atoms with Crippen molar-refractivity contribution in [3.05, 3.63) is 70.9 Å². The highest BCUT2D eigenvalue weighted by molar-refractivity contribution is 6.03. The summed E-state index contributed by atoms with van der Waals surface area (Å²) < 4.78 is 34.1. The Kier molecular flexibility index (Phi) is 6.12. The van der Waals surface area contributed by atoms with Crippen molar-refractivity contribution in [1.82, 2.24) is 20.2 Å². The van der Waals surface area contributed by atoms with Crippen molar-refractivity contribution < 1.29 is 23.1 Å². The summed E-state index contributed by atoms with van der Waals surface area (Å²) >= 11 is 0. The summed E-state index contributed by atoms with van der Waals surface area (Å²) in [6.45, 7) is 3.74. The molecule has 0 bridgehead atoms. The molecule has 1 saturated heterocycles. The molecule has 2 aliphatic heterocycles. The molecule has 0 spiro atoms. The topological polar surface area (TPSA) is 96.4 Å². The van der Waals surface area contributed by atoms with Crippen LogP contribution in [0, 0.1) is 11.6 Å². The standard InChI is InChI=1S/C25H23F2N5O3/c1-14-13-35-10-9-32(14)20(33)11-15-5-7-16(8-6-15)29-24-22-19(12-28-25(22)34)30-23(31-24)21-17(26)3-2-4-18(21)27/h2-8,14H,9-13H2,1H3,(H,28,34)(H,29,30,31). The predicted octanol–water partition coefficient (Wildman–Crippen LogP) is 3.20. The van der Waals surface area contributed by atoms with E-state index in [1.54, 1.807) is 12.1 Å². The van der Waals surface area contributed by atoms with Crippen molar-refractivity contribution in [2.75, 3.05) is 25.1 Å². The molecule has 1 aromatic heterocycles. The zero-order valence-electron chi connectivity index (χ0n) is 19.0. The first kappa shape index (κ1) is 22.9. The molecule has 2 amide bonds. The van der Waals surface area contributed by atoms with Gasteiger partial charge in [0.05, 0.1) is 43.5 Å². The third kappa shape index (κ3) is 4.57. The maximum atomic E-state index is 14.4. The zero-order chi connectivity index (χ0) is 24.5. The van der Waals surface area contributed by atoms with Gasteiger partial charge in [0.15, 0.2) is 5.82 Å². The van der Waals surface area contributed by atoms with Crippen LogP contribution in [-0.2, 0) is 22.5 Å². The maximum absolute atomic E-state index is 14.4. The normalized spacial score (nSPS) is 17.2. The Morgan fingerprint density at radius 2 is 1.89 bits per heavy atom. The second-order valence-corrected chi connectivity index (χ2v) is 8.51. The van der Waals surface area contributed by atoms with Gasteiger partial charge in [-0.3, -0.25) is 9.59 Å². The molecule has 2 aliphatic rings. The Hall–Kier alpha value is -3.92. The molecule has 180 valence electrons. The lowest BCUT2D eigenvalue weighted by Gasteiger charge is -2.33. The van der Waals surface area contributed by atoms with Crippen LogP contribution in [0.15, 0.2) is 42.5 Å². The van der Waals surface area contributed by atoms with E-state index >= 15 is 0 Å². The molecule has 1 unspecified atom stereocenters. The van der Waals surface area contributed by atoms with Crippen LogP contribution in [-0.4, -0.2) is 52.5 Å². The van der Waals surface area contributed by atoms with Crippen LogP contribution in [0.5, 0.6) is 0 Å². The van der Waals surface area contributed by atoms with E-state index in [0.29, 0.717) is 31.1 Å². The van der Waals surface area contributed by atoms with Crippen LogP contribution in [0.1, 0.15) is 28.5 Å². The number of anilines is 2. The van der Waals surface area contributed by atoms with E-state index in [9.17, 15) is 18.4 Å². The average Bonchev–Trinajstić information content (AvgIpc) is 3.21.